The molecule has 3 atom stereocenters. The number of benzene rings is 1. The molecule has 3 aliphatic rings. The third kappa shape index (κ3) is 1.78. The van der Waals surface area contributed by atoms with Crippen LogP contribution in [0, 0.1) is 29.0 Å². The fourth-order valence-corrected chi connectivity index (χ4v) is 4.40. The van der Waals surface area contributed by atoms with E-state index < -0.39 is 0 Å². The number of nitrogens with one attached hydrogen (secondary N) is 1. The Labute approximate surface area is 113 Å². The van der Waals surface area contributed by atoms with Gasteiger partial charge < -0.3 is 4.90 Å². The molecule has 1 aliphatic heterocycles. The van der Waals surface area contributed by atoms with Crippen LogP contribution in [0.1, 0.15) is 36.8 Å². The number of nitrogens with zero attached hydrogens (tertiary/aromatic N) is 1. The van der Waals surface area contributed by atoms with Crippen molar-refractivity contribution >= 4 is 5.84 Å². The Balaban J connectivity index is 1.51. The molecule has 0 amide bonds. The largest absolute Gasteiger partial charge is 0.352 e. The molecule has 0 aromatic heterocycles. The molecule has 1 aromatic carbocycles. The second kappa shape index (κ2) is 4.06. The summed E-state index contributed by atoms with van der Waals surface area (Å²) in [5, 5.41) is 8.24. The van der Waals surface area contributed by atoms with Gasteiger partial charge in [-0.05, 0) is 54.7 Å². The summed E-state index contributed by atoms with van der Waals surface area (Å²) in [4.78, 5) is 2.15. The number of fused-ring (bicyclic) bond motifs is 3. The molecule has 2 bridgehead atoms. The molecule has 2 saturated carbocycles. The van der Waals surface area contributed by atoms with E-state index in [2.05, 4.69) is 4.90 Å². The Kier molecular flexibility index (Phi) is 2.44. The Morgan fingerprint density at radius 1 is 1.26 bits per heavy atom. The Hall–Kier alpha value is -1.38. The average Bonchev–Trinajstić information content (AvgIpc) is 3.07. The summed E-state index contributed by atoms with van der Waals surface area (Å²) in [7, 11) is 0. The van der Waals surface area contributed by atoms with Gasteiger partial charge in [-0.25, -0.2) is 4.39 Å². The summed E-state index contributed by atoms with van der Waals surface area (Å²) in [6, 6.07) is 4.85. The van der Waals surface area contributed by atoms with Crippen LogP contribution in [0.25, 0.3) is 0 Å². The number of rotatable bonds is 2. The number of hydrogen-bond donors (Lipinski definition) is 1. The number of amidine groups is 1. The van der Waals surface area contributed by atoms with Crippen molar-refractivity contribution in [1.82, 2.24) is 4.90 Å². The molecular formula is C16H19FN2. The second-order valence-corrected chi connectivity index (χ2v) is 6.47. The van der Waals surface area contributed by atoms with E-state index in [1.54, 1.807) is 0 Å². The zero-order valence-electron chi connectivity index (χ0n) is 11.0. The molecule has 1 N–H and O–H groups in total. The van der Waals surface area contributed by atoms with Gasteiger partial charge in [0.2, 0.25) is 0 Å². The lowest BCUT2D eigenvalue weighted by Gasteiger charge is -2.28. The van der Waals surface area contributed by atoms with Crippen molar-refractivity contribution < 1.29 is 4.39 Å². The smallest absolute Gasteiger partial charge is 0.128 e. The Bertz CT molecular complexity index is 540. The highest BCUT2D eigenvalue weighted by Crippen LogP contribution is 2.48. The third-order valence-electron chi connectivity index (χ3n) is 5.34. The highest BCUT2D eigenvalue weighted by Gasteiger charge is 2.41. The molecular weight excluding hydrogens is 239 g/mol. The van der Waals surface area contributed by atoms with Crippen LogP contribution in [0.15, 0.2) is 18.2 Å². The van der Waals surface area contributed by atoms with E-state index in [4.69, 9.17) is 5.41 Å². The van der Waals surface area contributed by atoms with E-state index in [-0.39, 0.29) is 5.82 Å². The van der Waals surface area contributed by atoms with E-state index in [9.17, 15) is 4.39 Å². The molecule has 19 heavy (non-hydrogen) atoms. The molecule has 2 fully saturated rings. The lowest BCUT2D eigenvalue weighted by atomic mass is 9.88. The van der Waals surface area contributed by atoms with Gasteiger partial charge in [-0.2, -0.15) is 0 Å². The van der Waals surface area contributed by atoms with Crippen LogP contribution in [0.4, 0.5) is 4.39 Å². The molecule has 100 valence electrons. The van der Waals surface area contributed by atoms with Crippen molar-refractivity contribution in [2.75, 3.05) is 6.54 Å². The van der Waals surface area contributed by atoms with Crippen LogP contribution in [-0.4, -0.2) is 17.3 Å². The number of halogens is 1. The molecule has 0 spiro atoms. The molecule has 2 nitrogen and oxygen atoms in total. The zero-order valence-corrected chi connectivity index (χ0v) is 11.0. The lowest BCUT2D eigenvalue weighted by molar-refractivity contribution is 0.256. The minimum atomic E-state index is -0.231. The van der Waals surface area contributed by atoms with Crippen LogP contribution in [0.3, 0.4) is 0 Å². The Morgan fingerprint density at radius 2 is 2.16 bits per heavy atom. The summed E-state index contributed by atoms with van der Waals surface area (Å²) >= 11 is 0. The van der Waals surface area contributed by atoms with Gasteiger partial charge in [0.1, 0.15) is 11.7 Å². The standard InChI is InChI=1S/C16H19FN2/c17-14-4-3-12-8-19(16(18)15(12)7-14)9-13-6-10-1-2-11(13)5-10/h3-4,7,10-11,13,18H,1-2,5-6,8-9H2. The predicted octanol–water partition coefficient (Wildman–Crippen LogP) is 3.40. The van der Waals surface area contributed by atoms with E-state index in [1.807, 2.05) is 6.07 Å². The fourth-order valence-electron chi connectivity index (χ4n) is 4.40. The molecule has 1 aromatic rings. The van der Waals surface area contributed by atoms with Gasteiger partial charge in [-0.3, -0.25) is 5.41 Å². The van der Waals surface area contributed by atoms with Crippen LogP contribution in [0.5, 0.6) is 0 Å². The first kappa shape index (κ1) is 11.4. The first-order chi connectivity index (χ1) is 9.20. The van der Waals surface area contributed by atoms with E-state index in [1.165, 1.54) is 37.8 Å². The zero-order chi connectivity index (χ0) is 13.0. The van der Waals surface area contributed by atoms with Crippen molar-refractivity contribution in [3.05, 3.63) is 35.1 Å². The summed E-state index contributed by atoms with van der Waals surface area (Å²) < 4.78 is 13.3. The average molecular weight is 258 g/mol. The van der Waals surface area contributed by atoms with Gasteiger partial charge in [0.05, 0.1) is 0 Å². The maximum absolute atomic E-state index is 13.3. The quantitative estimate of drug-likeness (QED) is 0.864. The van der Waals surface area contributed by atoms with Crippen molar-refractivity contribution in [3.8, 4) is 0 Å². The highest BCUT2D eigenvalue weighted by molar-refractivity contribution is 6.00. The van der Waals surface area contributed by atoms with Gasteiger partial charge in [-0.1, -0.05) is 12.5 Å². The maximum atomic E-state index is 13.3. The predicted molar refractivity (Wildman–Crippen MR) is 72.6 cm³/mol. The van der Waals surface area contributed by atoms with E-state index in [0.29, 0.717) is 5.84 Å². The van der Waals surface area contributed by atoms with Crippen LogP contribution >= 0.6 is 0 Å². The van der Waals surface area contributed by atoms with E-state index in [0.717, 1.165) is 42.0 Å². The molecule has 1 heterocycles. The highest BCUT2D eigenvalue weighted by atomic mass is 19.1. The summed E-state index contributed by atoms with van der Waals surface area (Å²) in [5.41, 5.74) is 1.90. The minimum absolute atomic E-state index is 0.231. The lowest BCUT2D eigenvalue weighted by Crippen LogP contribution is -2.32. The summed E-state index contributed by atoms with van der Waals surface area (Å²) in [6.07, 6.45) is 5.56. The van der Waals surface area contributed by atoms with Gasteiger partial charge in [0.15, 0.2) is 0 Å². The van der Waals surface area contributed by atoms with Crippen molar-refractivity contribution in [2.24, 2.45) is 17.8 Å². The first-order valence-electron chi connectivity index (χ1n) is 7.33. The van der Waals surface area contributed by atoms with Crippen molar-refractivity contribution in [3.63, 3.8) is 0 Å². The maximum Gasteiger partial charge on any atom is 0.128 e. The van der Waals surface area contributed by atoms with Crippen LogP contribution in [-0.2, 0) is 6.54 Å². The molecule has 4 rings (SSSR count). The normalized spacial score (nSPS) is 32.2. The molecule has 2 aliphatic carbocycles. The monoisotopic (exact) mass is 258 g/mol. The summed E-state index contributed by atoms with van der Waals surface area (Å²) in [5.74, 6) is 2.89. The fraction of sp³-hybridized carbons (Fsp3) is 0.562. The molecule has 0 saturated heterocycles. The number of hydrogen-bond acceptors (Lipinski definition) is 1. The van der Waals surface area contributed by atoms with Gasteiger partial charge in [-0.15, -0.1) is 0 Å². The van der Waals surface area contributed by atoms with Crippen molar-refractivity contribution in [1.29, 1.82) is 5.41 Å². The molecule has 3 heteroatoms. The SMILES string of the molecule is N=C1c2cc(F)ccc2CN1CC1CC2CCC1C2. The van der Waals surface area contributed by atoms with E-state index >= 15 is 0 Å². The molecule has 3 unspecified atom stereocenters. The summed E-state index contributed by atoms with van der Waals surface area (Å²) in [6.45, 7) is 1.79. The first-order valence-corrected chi connectivity index (χ1v) is 7.33. The minimum Gasteiger partial charge on any atom is -0.352 e. The van der Waals surface area contributed by atoms with Gasteiger partial charge in [0.25, 0.3) is 0 Å². The topological polar surface area (TPSA) is 27.1 Å². The van der Waals surface area contributed by atoms with Crippen molar-refractivity contribution in [2.45, 2.75) is 32.2 Å². The van der Waals surface area contributed by atoms with Crippen LogP contribution < -0.4 is 0 Å². The van der Waals surface area contributed by atoms with Gasteiger partial charge >= 0.3 is 0 Å². The second-order valence-electron chi connectivity index (χ2n) is 6.47. The van der Waals surface area contributed by atoms with Crippen LogP contribution in [0.2, 0.25) is 0 Å². The Morgan fingerprint density at radius 3 is 2.89 bits per heavy atom. The molecule has 0 radical (unpaired) electrons. The van der Waals surface area contributed by atoms with Gasteiger partial charge in [0, 0.05) is 18.7 Å². The third-order valence-corrected chi connectivity index (χ3v) is 5.34.